The first-order valence-corrected chi connectivity index (χ1v) is 13.3. The van der Waals surface area contributed by atoms with E-state index in [-0.39, 0.29) is 11.6 Å². The van der Waals surface area contributed by atoms with Gasteiger partial charge in [-0.25, -0.2) is 9.78 Å². The number of urea groups is 1. The number of rotatable bonds is 7. The van der Waals surface area contributed by atoms with Crippen LogP contribution >= 0.6 is 15.9 Å². The van der Waals surface area contributed by atoms with E-state index in [2.05, 4.69) is 21.2 Å². The van der Waals surface area contributed by atoms with Gasteiger partial charge in [0.2, 0.25) is 0 Å². The quantitative estimate of drug-likeness (QED) is 0.224. The Bertz CT molecular complexity index is 1600. The summed E-state index contributed by atoms with van der Waals surface area (Å²) in [6, 6.07) is 33.3. The van der Waals surface area contributed by atoms with Crippen LogP contribution in [0.3, 0.4) is 0 Å². The monoisotopic (exact) mass is 566 g/mol. The third-order valence-corrected chi connectivity index (χ3v) is 6.96. The number of benzene rings is 4. The van der Waals surface area contributed by atoms with E-state index in [1.165, 1.54) is 0 Å². The van der Waals surface area contributed by atoms with Crippen molar-refractivity contribution in [1.82, 2.24) is 14.5 Å². The van der Waals surface area contributed by atoms with Gasteiger partial charge in [-0.2, -0.15) is 0 Å². The molecule has 2 amide bonds. The number of aromatic nitrogens is 2. The molecule has 5 rings (SSSR count). The SMILES string of the molecule is CCC(c1nc2ccccc2c(=O)n1-c1ccccc1)N(Cc1ccccc1)C(=O)Nc1ccc(Br)cc1. The van der Waals surface area contributed by atoms with Gasteiger partial charge in [-0.3, -0.25) is 9.36 Å². The number of halogens is 1. The molecule has 7 heteroatoms. The molecule has 0 spiro atoms. The van der Waals surface area contributed by atoms with Crippen molar-refractivity contribution in [2.75, 3.05) is 5.32 Å². The molecule has 1 N–H and O–H groups in total. The van der Waals surface area contributed by atoms with Crippen LogP contribution in [0, 0.1) is 0 Å². The molecule has 5 aromatic rings. The second-order valence-corrected chi connectivity index (χ2v) is 9.85. The van der Waals surface area contributed by atoms with Gasteiger partial charge in [-0.05, 0) is 60.5 Å². The Morgan fingerprint density at radius 1 is 0.895 bits per heavy atom. The molecule has 1 unspecified atom stereocenters. The molecule has 0 aliphatic rings. The van der Waals surface area contributed by atoms with E-state index in [9.17, 15) is 9.59 Å². The van der Waals surface area contributed by atoms with Crippen LogP contribution in [-0.4, -0.2) is 20.5 Å². The van der Waals surface area contributed by atoms with Gasteiger partial charge < -0.3 is 10.2 Å². The Morgan fingerprint density at radius 3 is 2.21 bits per heavy atom. The minimum Gasteiger partial charge on any atom is -0.310 e. The molecule has 0 fully saturated rings. The first-order valence-electron chi connectivity index (χ1n) is 12.5. The summed E-state index contributed by atoms with van der Waals surface area (Å²) < 4.78 is 2.57. The van der Waals surface area contributed by atoms with Gasteiger partial charge >= 0.3 is 6.03 Å². The predicted molar refractivity (Wildman–Crippen MR) is 156 cm³/mol. The van der Waals surface area contributed by atoms with E-state index in [4.69, 9.17) is 4.98 Å². The maximum Gasteiger partial charge on any atom is 0.322 e. The van der Waals surface area contributed by atoms with Crippen LogP contribution in [0.5, 0.6) is 0 Å². The highest BCUT2D eigenvalue weighted by Crippen LogP contribution is 2.28. The standard InChI is InChI=1S/C31H27BrN4O2/c1-2-28(29-34-27-16-10-9-15-26(27)30(37)36(29)25-13-7-4-8-14-25)35(21-22-11-5-3-6-12-22)31(38)33-24-19-17-23(32)18-20-24/h3-20,28H,2,21H2,1H3,(H,33,38). The molecule has 0 saturated carbocycles. The number of nitrogens with zero attached hydrogens (tertiary/aromatic N) is 3. The first-order chi connectivity index (χ1) is 18.5. The summed E-state index contributed by atoms with van der Waals surface area (Å²) in [6.45, 7) is 2.35. The summed E-state index contributed by atoms with van der Waals surface area (Å²) in [6.07, 6.45) is 0.554. The number of carbonyl (C=O) groups is 1. The predicted octanol–water partition coefficient (Wildman–Crippen LogP) is 7.33. The van der Waals surface area contributed by atoms with Crippen LogP contribution in [0.4, 0.5) is 10.5 Å². The number of anilines is 1. The second kappa shape index (κ2) is 11.4. The second-order valence-electron chi connectivity index (χ2n) is 8.94. The van der Waals surface area contributed by atoms with Crippen molar-refractivity contribution in [3.05, 3.63) is 135 Å². The Hall–Kier alpha value is -4.23. The van der Waals surface area contributed by atoms with E-state index in [0.29, 0.717) is 41.1 Å². The summed E-state index contributed by atoms with van der Waals surface area (Å²) in [5, 5.41) is 3.57. The molecule has 4 aromatic carbocycles. The minimum atomic E-state index is -0.483. The fourth-order valence-corrected chi connectivity index (χ4v) is 4.84. The van der Waals surface area contributed by atoms with E-state index in [0.717, 1.165) is 10.0 Å². The normalized spacial score (nSPS) is 11.7. The Labute approximate surface area is 229 Å². The van der Waals surface area contributed by atoms with Crippen molar-refractivity contribution < 1.29 is 4.79 Å². The molecule has 0 bridgehead atoms. The number of hydrogen-bond donors (Lipinski definition) is 1. The summed E-state index contributed by atoms with van der Waals surface area (Å²) in [4.78, 5) is 34.4. The molecule has 38 heavy (non-hydrogen) atoms. The molecular weight excluding hydrogens is 540 g/mol. The highest BCUT2D eigenvalue weighted by atomic mass is 79.9. The van der Waals surface area contributed by atoms with Crippen LogP contribution in [0.1, 0.15) is 30.8 Å². The molecule has 0 radical (unpaired) electrons. The third-order valence-electron chi connectivity index (χ3n) is 6.43. The van der Waals surface area contributed by atoms with Gasteiger partial charge in [0.05, 0.1) is 22.6 Å². The molecule has 6 nitrogen and oxygen atoms in total. The van der Waals surface area contributed by atoms with Gasteiger partial charge in [0.1, 0.15) is 5.82 Å². The van der Waals surface area contributed by atoms with Crippen molar-refractivity contribution >= 4 is 38.6 Å². The van der Waals surface area contributed by atoms with Crippen LogP contribution in [-0.2, 0) is 6.54 Å². The molecule has 1 heterocycles. The maximum absolute atomic E-state index is 13.9. The highest BCUT2D eigenvalue weighted by molar-refractivity contribution is 9.10. The van der Waals surface area contributed by atoms with Crippen LogP contribution in [0.15, 0.2) is 118 Å². The van der Waals surface area contributed by atoms with Gasteiger partial charge in [-0.1, -0.05) is 83.5 Å². The zero-order chi connectivity index (χ0) is 26.5. The maximum atomic E-state index is 13.9. The molecule has 1 atom stereocenters. The third kappa shape index (κ3) is 5.38. The van der Waals surface area contributed by atoms with Gasteiger partial charge in [0.15, 0.2) is 0 Å². The largest absolute Gasteiger partial charge is 0.322 e. The van der Waals surface area contributed by atoms with Crippen molar-refractivity contribution in [3.63, 3.8) is 0 Å². The lowest BCUT2D eigenvalue weighted by molar-refractivity contribution is 0.177. The average Bonchev–Trinajstić information content (AvgIpc) is 2.95. The zero-order valence-corrected chi connectivity index (χ0v) is 22.5. The fraction of sp³-hybridized carbons (Fsp3) is 0.129. The minimum absolute atomic E-state index is 0.164. The van der Waals surface area contributed by atoms with E-state index >= 15 is 0 Å². The first kappa shape index (κ1) is 25.4. The van der Waals surface area contributed by atoms with Crippen LogP contribution in [0.25, 0.3) is 16.6 Å². The Balaban J connectivity index is 1.66. The van der Waals surface area contributed by atoms with E-state index in [1.807, 2.05) is 110 Å². The van der Waals surface area contributed by atoms with Crippen molar-refractivity contribution in [1.29, 1.82) is 0 Å². The molecule has 1 aromatic heterocycles. The lowest BCUT2D eigenvalue weighted by atomic mass is 10.1. The summed E-state index contributed by atoms with van der Waals surface area (Å²) >= 11 is 3.44. The number of carbonyl (C=O) groups excluding carboxylic acids is 1. The van der Waals surface area contributed by atoms with Crippen molar-refractivity contribution in [3.8, 4) is 5.69 Å². The van der Waals surface area contributed by atoms with Gasteiger partial charge in [0.25, 0.3) is 5.56 Å². The van der Waals surface area contributed by atoms with Crippen LogP contribution in [0.2, 0.25) is 0 Å². The number of nitrogens with one attached hydrogen (secondary N) is 1. The van der Waals surface area contributed by atoms with Crippen molar-refractivity contribution in [2.24, 2.45) is 0 Å². The topological polar surface area (TPSA) is 67.2 Å². The van der Waals surface area contributed by atoms with Gasteiger partial charge in [0, 0.05) is 16.7 Å². The molecular formula is C31H27BrN4O2. The number of hydrogen-bond acceptors (Lipinski definition) is 3. The highest BCUT2D eigenvalue weighted by Gasteiger charge is 2.29. The Kier molecular flexibility index (Phi) is 7.65. The van der Waals surface area contributed by atoms with E-state index in [1.54, 1.807) is 15.5 Å². The Morgan fingerprint density at radius 2 is 1.53 bits per heavy atom. The lowest BCUT2D eigenvalue weighted by Crippen LogP contribution is -2.40. The summed E-state index contributed by atoms with van der Waals surface area (Å²) in [7, 11) is 0. The van der Waals surface area contributed by atoms with Crippen LogP contribution < -0.4 is 10.9 Å². The van der Waals surface area contributed by atoms with E-state index < -0.39 is 6.04 Å². The molecule has 190 valence electrons. The summed E-state index contributed by atoms with van der Waals surface area (Å²) in [5.74, 6) is 0.518. The zero-order valence-electron chi connectivity index (χ0n) is 20.9. The average molecular weight is 567 g/mol. The molecule has 0 aliphatic heterocycles. The number of para-hydroxylation sites is 2. The molecule has 0 saturated heterocycles. The van der Waals surface area contributed by atoms with Gasteiger partial charge in [-0.15, -0.1) is 0 Å². The van der Waals surface area contributed by atoms with Crippen molar-refractivity contribution in [2.45, 2.75) is 25.9 Å². The number of fused-ring (bicyclic) bond motifs is 1. The summed E-state index contributed by atoms with van der Waals surface area (Å²) in [5.41, 5.74) is 2.80. The number of amides is 2. The lowest BCUT2D eigenvalue weighted by Gasteiger charge is -2.32. The fourth-order valence-electron chi connectivity index (χ4n) is 4.57. The molecule has 0 aliphatic carbocycles. The smallest absolute Gasteiger partial charge is 0.310 e.